The zero-order valence-electron chi connectivity index (χ0n) is 17.8. The minimum Gasteiger partial charge on any atom is -0.361 e. The fourth-order valence-corrected chi connectivity index (χ4v) is 3.81. The third-order valence-electron chi connectivity index (χ3n) is 5.25. The lowest BCUT2D eigenvalue weighted by Gasteiger charge is -2.36. The molecule has 1 aromatic carbocycles. The maximum absolute atomic E-state index is 14.1. The number of aryl methyl sites for hydroxylation is 2. The van der Waals surface area contributed by atoms with Crippen LogP contribution in [0.15, 0.2) is 27.7 Å². The molecule has 0 amide bonds. The molecule has 6 nitrogen and oxygen atoms in total. The van der Waals surface area contributed by atoms with Crippen molar-refractivity contribution >= 4 is 41.5 Å². The Hall–Kier alpha value is -1.39. The van der Waals surface area contributed by atoms with Gasteiger partial charge in [-0.1, -0.05) is 22.8 Å². The number of benzene rings is 1. The van der Waals surface area contributed by atoms with Crippen LogP contribution in [0, 0.1) is 19.7 Å². The van der Waals surface area contributed by atoms with Crippen molar-refractivity contribution in [2.24, 2.45) is 4.99 Å². The van der Waals surface area contributed by atoms with Gasteiger partial charge in [0, 0.05) is 62.0 Å². The van der Waals surface area contributed by atoms with Gasteiger partial charge in [-0.3, -0.25) is 9.89 Å². The van der Waals surface area contributed by atoms with Gasteiger partial charge in [0.05, 0.1) is 5.69 Å². The van der Waals surface area contributed by atoms with Gasteiger partial charge in [-0.15, -0.1) is 24.0 Å². The lowest BCUT2D eigenvalue weighted by atomic mass is 10.1. The van der Waals surface area contributed by atoms with Gasteiger partial charge in [-0.2, -0.15) is 0 Å². The molecule has 3 rings (SSSR count). The number of piperazine rings is 1. The van der Waals surface area contributed by atoms with Crippen LogP contribution < -0.4 is 5.32 Å². The van der Waals surface area contributed by atoms with Crippen LogP contribution in [-0.4, -0.2) is 60.2 Å². The highest BCUT2D eigenvalue weighted by atomic mass is 127. The number of nitrogens with zero attached hydrogens (tertiary/aromatic N) is 4. The van der Waals surface area contributed by atoms with Gasteiger partial charge in [0.2, 0.25) is 0 Å². The molecule has 0 bridgehead atoms. The minimum absolute atomic E-state index is 0. The number of aromatic nitrogens is 1. The fourth-order valence-electron chi connectivity index (χ4n) is 3.58. The molecule has 1 saturated heterocycles. The summed E-state index contributed by atoms with van der Waals surface area (Å²) in [5.41, 5.74) is 2.64. The van der Waals surface area contributed by atoms with E-state index in [0.29, 0.717) is 23.7 Å². The number of nitrogens with one attached hydrogen (secondary N) is 1. The summed E-state index contributed by atoms with van der Waals surface area (Å²) >= 11 is 6.17. The van der Waals surface area contributed by atoms with E-state index < -0.39 is 0 Å². The molecule has 0 saturated carbocycles. The topological polar surface area (TPSA) is 56.9 Å². The molecule has 1 aromatic heterocycles. The predicted molar refractivity (Wildman–Crippen MR) is 129 cm³/mol. The molecular formula is C21H30ClFIN5O. The molecule has 1 N–H and O–H groups in total. The van der Waals surface area contributed by atoms with Gasteiger partial charge in [-0.05, 0) is 39.3 Å². The quantitative estimate of drug-likeness (QED) is 0.335. The first-order valence-corrected chi connectivity index (χ1v) is 10.5. The first kappa shape index (κ1) is 24.9. The van der Waals surface area contributed by atoms with E-state index in [2.05, 4.69) is 27.2 Å². The Morgan fingerprint density at radius 1 is 1.23 bits per heavy atom. The summed E-state index contributed by atoms with van der Waals surface area (Å²) in [6, 6.07) is 4.85. The molecule has 0 unspecified atom stereocenters. The maximum atomic E-state index is 14.1. The third kappa shape index (κ3) is 6.31. The van der Waals surface area contributed by atoms with Crippen molar-refractivity contribution in [3.63, 3.8) is 0 Å². The molecule has 30 heavy (non-hydrogen) atoms. The first-order chi connectivity index (χ1) is 14.0. The second-order valence-electron chi connectivity index (χ2n) is 7.25. The summed E-state index contributed by atoms with van der Waals surface area (Å²) in [4.78, 5) is 9.28. The third-order valence-corrected chi connectivity index (χ3v) is 5.61. The Bertz CT molecular complexity index is 812. The zero-order chi connectivity index (χ0) is 20.8. The van der Waals surface area contributed by atoms with Crippen LogP contribution >= 0.6 is 35.6 Å². The van der Waals surface area contributed by atoms with E-state index in [4.69, 9.17) is 21.1 Å². The summed E-state index contributed by atoms with van der Waals surface area (Å²) in [5, 5.41) is 7.87. The highest BCUT2D eigenvalue weighted by molar-refractivity contribution is 14.0. The highest BCUT2D eigenvalue weighted by Gasteiger charge is 2.21. The van der Waals surface area contributed by atoms with E-state index >= 15 is 0 Å². The summed E-state index contributed by atoms with van der Waals surface area (Å²) in [5.74, 6) is 1.54. The minimum atomic E-state index is -0.242. The highest BCUT2D eigenvalue weighted by Crippen LogP contribution is 2.21. The lowest BCUT2D eigenvalue weighted by Crippen LogP contribution is -2.52. The molecule has 2 aromatic rings. The number of hydrogen-bond donors (Lipinski definition) is 1. The van der Waals surface area contributed by atoms with E-state index in [-0.39, 0.29) is 29.8 Å². The van der Waals surface area contributed by atoms with E-state index in [1.54, 1.807) is 12.1 Å². The standard InChI is InChI=1S/C21H29ClFN5O.HI/c1-4-24-21(25-9-8-17-15(2)26-29-16(17)3)28-12-10-27(11-13-28)14-18-19(22)6-5-7-20(18)23;/h5-7H,4,8-14H2,1-3H3,(H,24,25);1H. The van der Waals surface area contributed by atoms with E-state index in [9.17, 15) is 4.39 Å². The summed E-state index contributed by atoms with van der Waals surface area (Å²) in [6.45, 7) is 11.3. The van der Waals surface area contributed by atoms with Crippen molar-refractivity contribution in [2.75, 3.05) is 39.3 Å². The van der Waals surface area contributed by atoms with Gasteiger partial charge >= 0.3 is 0 Å². The average Bonchev–Trinajstić information content (AvgIpc) is 3.03. The Morgan fingerprint density at radius 3 is 2.57 bits per heavy atom. The monoisotopic (exact) mass is 549 g/mol. The van der Waals surface area contributed by atoms with Crippen LogP contribution in [0.5, 0.6) is 0 Å². The first-order valence-electron chi connectivity index (χ1n) is 10.1. The van der Waals surface area contributed by atoms with Crippen LogP contribution in [0.1, 0.15) is 29.5 Å². The molecule has 2 heterocycles. The molecule has 166 valence electrons. The van der Waals surface area contributed by atoms with Gasteiger partial charge in [0.25, 0.3) is 0 Å². The van der Waals surface area contributed by atoms with Gasteiger partial charge in [-0.25, -0.2) is 4.39 Å². The van der Waals surface area contributed by atoms with Crippen LogP contribution in [-0.2, 0) is 13.0 Å². The summed E-state index contributed by atoms with van der Waals surface area (Å²) in [6.07, 6.45) is 0.807. The largest absolute Gasteiger partial charge is 0.361 e. The Labute approximate surface area is 199 Å². The molecule has 9 heteroatoms. The van der Waals surface area contributed by atoms with E-state index in [0.717, 1.165) is 62.1 Å². The SMILES string of the molecule is CCNC(=NCCc1c(C)noc1C)N1CCN(Cc2c(F)cccc2Cl)CC1.I. The van der Waals surface area contributed by atoms with Gasteiger partial charge in [0.1, 0.15) is 11.6 Å². The number of halogens is 3. The van der Waals surface area contributed by atoms with Crippen molar-refractivity contribution in [2.45, 2.75) is 33.7 Å². The van der Waals surface area contributed by atoms with Crippen LogP contribution in [0.25, 0.3) is 0 Å². The van der Waals surface area contributed by atoms with Gasteiger partial charge < -0.3 is 14.7 Å². The normalized spacial score (nSPS) is 15.2. The molecule has 1 fully saturated rings. The molecule has 0 aliphatic carbocycles. The molecule has 0 spiro atoms. The smallest absolute Gasteiger partial charge is 0.194 e. The van der Waals surface area contributed by atoms with Crippen LogP contribution in [0.2, 0.25) is 5.02 Å². The van der Waals surface area contributed by atoms with Crippen LogP contribution in [0.3, 0.4) is 0 Å². The van der Waals surface area contributed by atoms with Crippen molar-refractivity contribution in [1.29, 1.82) is 0 Å². The van der Waals surface area contributed by atoms with Gasteiger partial charge in [0.15, 0.2) is 5.96 Å². The number of rotatable bonds is 6. The molecule has 1 aliphatic heterocycles. The Balaban J connectivity index is 0.00000320. The predicted octanol–water partition coefficient (Wildman–Crippen LogP) is 4.03. The maximum Gasteiger partial charge on any atom is 0.194 e. The van der Waals surface area contributed by atoms with Crippen molar-refractivity contribution in [1.82, 2.24) is 20.3 Å². The molecular weight excluding hydrogens is 520 g/mol. The Morgan fingerprint density at radius 2 is 1.97 bits per heavy atom. The van der Waals surface area contributed by atoms with Crippen molar-refractivity contribution in [3.05, 3.63) is 51.6 Å². The molecule has 0 atom stereocenters. The van der Waals surface area contributed by atoms with Crippen LogP contribution in [0.4, 0.5) is 4.39 Å². The lowest BCUT2D eigenvalue weighted by molar-refractivity contribution is 0.171. The van der Waals surface area contributed by atoms with E-state index in [1.807, 2.05) is 13.8 Å². The number of guanidine groups is 1. The fraction of sp³-hybridized carbons (Fsp3) is 0.524. The number of hydrogen-bond acceptors (Lipinski definition) is 4. The molecule has 0 radical (unpaired) electrons. The van der Waals surface area contributed by atoms with Crippen molar-refractivity contribution in [3.8, 4) is 0 Å². The second kappa shape index (κ2) is 11.9. The zero-order valence-corrected chi connectivity index (χ0v) is 20.8. The number of aliphatic imine (C=N–C) groups is 1. The average molecular weight is 550 g/mol. The summed E-state index contributed by atoms with van der Waals surface area (Å²) < 4.78 is 19.3. The van der Waals surface area contributed by atoms with E-state index in [1.165, 1.54) is 6.07 Å². The Kier molecular flexibility index (Phi) is 9.83. The summed E-state index contributed by atoms with van der Waals surface area (Å²) in [7, 11) is 0. The molecule has 1 aliphatic rings. The van der Waals surface area contributed by atoms with Crippen molar-refractivity contribution < 1.29 is 8.91 Å². The second-order valence-corrected chi connectivity index (χ2v) is 7.66.